The Bertz CT molecular complexity index is 421. The van der Waals surface area contributed by atoms with Crippen molar-refractivity contribution in [2.24, 2.45) is 11.7 Å². The zero-order valence-electron chi connectivity index (χ0n) is 12.4. The molecular formula is C15H24N2O3. The summed E-state index contributed by atoms with van der Waals surface area (Å²) >= 11 is 0. The van der Waals surface area contributed by atoms with E-state index < -0.39 is 6.04 Å². The van der Waals surface area contributed by atoms with Crippen LogP contribution in [0.5, 0.6) is 0 Å². The Kier molecular flexibility index (Phi) is 7.22. The molecule has 0 saturated heterocycles. The van der Waals surface area contributed by atoms with Crippen LogP contribution < -0.4 is 11.1 Å². The fourth-order valence-corrected chi connectivity index (χ4v) is 1.60. The Morgan fingerprint density at radius 3 is 2.75 bits per heavy atom. The van der Waals surface area contributed by atoms with Crippen LogP contribution >= 0.6 is 0 Å². The zero-order valence-corrected chi connectivity index (χ0v) is 12.4. The molecule has 1 atom stereocenters. The van der Waals surface area contributed by atoms with Crippen molar-refractivity contribution in [2.45, 2.75) is 26.5 Å². The lowest BCUT2D eigenvalue weighted by Gasteiger charge is -2.15. The lowest BCUT2D eigenvalue weighted by Crippen LogP contribution is -2.39. The Morgan fingerprint density at radius 1 is 1.35 bits per heavy atom. The summed E-state index contributed by atoms with van der Waals surface area (Å²) in [6, 6.07) is 7.05. The molecule has 0 saturated carbocycles. The second-order valence-electron chi connectivity index (χ2n) is 5.00. The van der Waals surface area contributed by atoms with E-state index in [1.807, 2.05) is 38.1 Å². The van der Waals surface area contributed by atoms with Crippen molar-refractivity contribution in [3.05, 3.63) is 29.8 Å². The number of nitrogens with one attached hydrogen (secondary N) is 1. The molecule has 1 rings (SSSR count). The number of amides is 1. The van der Waals surface area contributed by atoms with E-state index >= 15 is 0 Å². The van der Waals surface area contributed by atoms with Crippen molar-refractivity contribution >= 4 is 11.6 Å². The van der Waals surface area contributed by atoms with E-state index in [-0.39, 0.29) is 11.8 Å². The monoisotopic (exact) mass is 280 g/mol. The van der Waals surface area contributed by atoms with Gasteiger partial charge in [-0.2, -0.15) is 0 Å². The minimum atomic E-state index is -0.503. The Morgan fingerprint density at radius 2 is 2.10 bits per heavy atom. The molecule has 0 aliphatic rings. The molecule has 20 heavy (non-hydrogen) atoms. The van der Waals surface area contributed by atoms with Gasteiger partial charge >= 0.3 is 0 Å². The van der Waals surface area contributed by atoms with Crippen LogP contribution in [0.25, 0.3) is 0 Å². The van der Waals surface area contributed by atoms with Crippen molar-refractivity contribution in [1.82, 2.24) is 0 Å². The highest BCUT2D eigenvalue weighted by Crippen LogP contribution is 2.12. The summed E-state index contributed by atoms with van der Waals surface area (Å²) in [6.45, 7) is 5.45. The number of benzene rings is 1. The molecule has 5 heteroatoms. The van der Waals surface area contributed by atoms with Crippen LogP contribution in [-0.2, 0) is 20.9 Å². The summed E-state index contributed by atoms with van der Waals surface area (Å²) in [4.78, 5) is 11.9. The summed E-state index contributed by atoms with van der Waals surface area (Å²) in [5.74, 6) is -0.0620. The van der Waals surface area contributed by atoms with Gasteiger partial charge in [-0.1, -0.05) is 26.0 Å². The quantitative estimate of drug-likeness (QED) is 0.712. The van der Waals surface area contributed by atoms with Gasteiger partial charge in [-0.15, -0.1) is 0 Å². The predicted octanol–water partition coefficient (Wildman–Crippen LogP) is 1.77. The molecule has 0 aromatic heterocycles. The predicted molar refractivity (Wildman–Crippen MR) is 79.4 cm³/mol. The molecular weight excluding hydrogens is 256 g/mol. The minimum absolute atomic E-state index is 0.107. The maximum absolute atomic E-state index is 11.9. The second kappa shape index (κ2) is 8.68. The number of nitrogens with two attached hydrogens (primary N) is 1. The average Bonchev–Trinajstić information content (AvgIpc) is 2.43. The smallest absolute Gasteiger partial charge is 0.241 e. The maximum atomic E-state index is 11.9. The molecule has 0 bridgehead atoms. The normalized spacial score (nSPS) is 12.4. The van der Waals surface area contributed by atoms with Gasteiger partial charge in [0.25, 0.3) is 0 Å². The van der Waals surface area contributed by atoms with Crippen LogP contribution in [0.2, 0.25) is 0 Å². The summed E-state index contributed by atoms with van der Waals surface area (Å²) in [7, 11) is 1.64. The molecule has 0 aliphatic carbocycles. The van der Waals surface area contributed by atoms with Gasteiger partial charge in [0.05, 0.1) is 25.9 Å². The maximum Gasteiger partial charge on any atom is 0.241 e. The van der Waals surface area contributed by atoms with Crippen molar-refractivity contribution in [2.75, 3.05) is 25.6 Å². The van der Waals surface area contributed by atoms with E-state index in [4.69, 9.17) is 15.2 Å². The second-order valence-corrected chi connectivity index (χ2v) is 5.00. The molecule has 0 spiro atoms. The Hall–Kier alpha value is -1.43. The van der Waals surface area contributed by atoms with Gasteiger partial charge in [0.1, 0.15) is 0 Å². The topological polar surface area (TPSA) is 73.6 Å². The van der Waals surface area contributed by atoms with Crippen molar-refractivity contribution in [3.8, 4) is 0 Å². The lowest BCUT2D eigenvalue weighted by atomic mass is 10.0. The van der Waals surface area contributed by atoms with Crippen molar-refractivity contribution in [3.63, 3.8) is 0 Å². The van der Waals surface area contributed by atoms with Gasteiger partial charge in [0.2, 0.25) is 5.91 Å². The fourth-order valence-electron chi connectivity index (χ4n) is 1.60. The molecule has 5 nitrogen and oxygen atoms in total. The third-order valence-corrected chi connectivity index (χ3v) is 2.92. The number of anilines is 1. The number of hydrogen-bond donors (Lipinski definition) is 2. The SMILES string of the molecule is COCCOCc1cccc(NC(=O)[C@H](N)C(C)C)c1. The van der Waals surface area contributed by atoms with E-state index in [0.29, 0.717) is 19.8 Å². The molecule has 3 N–H and O–H groups in total. The molecule has 0 radical (unpaired) electrons. The van der Waals surface area contributed by atoms with Crippen molar-refractivity contribution < 1.29 is 14.3 Å². The number of methoxy groups -OCH3 is 1. The van der Waals surface area contributed by atoms with Gasteiger partial charge in [0, 0.05) is 12.8 Å². The molecule has 112 valence electrons. The van der Waals surface area contributed by atoms with E-state index in [9.17, 15) is 4.79 Å². The number of rotatable bonds is 8. The highest BCUT2D eigenvalue weighted by Gasteiger charge is 2.17. The van der Waals surface area contributed by atoms with Crippen LogP contribution in [0.15, 0.2) is 24.3 Å². The van der Waals surface area contributed by atoms with Gasteiger partial charge in [-0.05, 0) is 23.6 Å². The van der Waals surface area contributed by atoms with Gasteiger partial charge in [-0.25, -0.2) is 0 Å². The lowest BCUT2D eigenvalue weighted by molar-refractivity contribution is -0.118. The standard InChI is InChI=1S/C15H24N2O3/c1-11(2)14(16)15(18)17-13-6-4-5-12(9-13)10-20-8-7-19-3/h4-6,9,11,14H,7-8,10,16H2,1-3H3,(H,17,18)/t14-/m1/s1. The highest BCUT2D eigenvalue weighted by molar-refractivity contribution is 5.94. The van der Waals surface area contributed by atoms with E-state index in [1.54, 1.807) is 7.11 Å². The summed E-state index contributed by atoms with van der Waals surface area (Å²) in [5.41, 5.74) is 7.54. The molecule has 0 unspecified atom stereocenters. The molecule has 1 aromatic rings. The third-order valence-electron chi connectivity index (χ3n) is 2.92. The largest absolute Gasteiger partial charge is 0.382 e. The van der Waals surface area contributed by atoms with Crippen LogP contribution in [0.1, 0.15) is 19.4 Å². The molecule has 0 heterocycles. The summed E-state index contributed by atoms with van der Waals surface area (Å²) < 4.78 is 10.4. The number of ether oxygens (including phenoxy) is 2. The van der Waals surface area contributed by atoms with Crippen LogP contribution in [-0.4, -0.2) is 32.3 Å². The third kappa shape index (κ3) is 5.69. The van der Waals surface area contributed by atoms with Crippen LogP contribution in [0, 0.1) is 5.92 Å². The average molecular weight is 280 g/mol. The van der Waals surface area contributed by atoms with E-state index in [1.165, 1.54) is 0 Å². The van der Waals surface area contributed by atoms with Gasteiger partial charge in [0.15, 0.2) is 0 Å². The summed E-state index contributed by atoms with van der Waals surface area (Å²) in [6.07, 6.45) is 0. The number of carbonyl (C=O) groups is 1. The number of carbonyl (C=O) groups excluding carboxylic acids is 1. The Labute approximate surface area is 120 Å². The first-order valence-electron chi connectivity index (χ1n) is 6.76. The first kappa shape index (κ1) is 16.6. The van der Waals surface area contributed by atoms with E-state index in [0.717, 1.165) is 11.3 Å². The molecule has 1 amide bonds. The first-order valence-corrected chi connectivity index (χ1v) is 6.76. The molecule has 0 fully saturated rings. The Balaban J connectivity index is 2.53. The highest BCUT2D eigenvalue weighted by atomic mass is 16.5. The van der Waals surface area contributed by atoms with Gasteiger partial charge in [-0.3, -0.25) is 4.79 Å². The summed E-state index contributed by atoms with van der Waals surface area (Å²) in [5, 5.41) is 2.82. The van der Waals surface area contributed by atoms with Crippen LogP contribution in [0.4, 0.5) is 5.69 Å². The minimum Gasteiger partial charge on any atom is -0.382 e. The van der Waals surface area contributed by atoms with Gasteiger partial charge < -0.3 is 20.5 Å². The fraction of sp³-hybridized carbons (Fsp3) is 0.533. The zero-order chi connectivity index (χ0) is 15.0. The molecule has 0 aliphatic heterocycles. The number of hydrogen-bond acceptors (Lipinski definition) is 4. The van der Waals surface area contributed by atoms with Crippen molar-refractivity contribution in [1.29, 1.82) is 0 Å². The first-order chi connectivity index (χ1) is 9.54. The van der Waals surface area contributed by atoms with E-state index in [2.05, 4.69) is 5.32 Å². The molecule has 1 aromatic carbocycles. The van der Waals surface area contributed by atoms with Crippen LogP contribution in [0.3, 0.4) is 0 Å².